The van der Waals surface area contributed by atoms with E-state index in [0.29, 0.717) is 46.8 Å². The number of aryl methyl sites for hydroxylation is 1. The standard InChI is InChI=1S/C36H41NO11/c1-8-14-45-27-18-22-17-25(37-33(40)21-12-13-26(43-6)24(16-21)20-10-9-11-23(15-20)42-5)34(41)46-30(22)19(2)31(27)47-35-29(39)28(38)32(44-7)36(3,4)48-35/h9-13,15-18,28-29,32,35,38-39H,8,14H2,1-7H3,(H,37,40)/t28-,29?,32-,35-/m1/s1. The van der Waals surface area contributed by atoms with Crippen LogP contribution in [0.4, 0.5) is 5.69 Å². The smallest absolute Gasteiger partial charge is 0.360 e. The summed E-state index contributed by atoms with van der Waals surface area (Å²) in [5, 5.41) is 24.7. The van der Waals surface area contributed by atoms with E-state index in [1.807, 2.05) is 31.2 Å². The van der Waals surface area contributed by atoms with Gasteiger partial charge in [0.2, 0.25) is 6.29 Å². The average Bonchev–Trinajstić information content (AvgIpc) is 3.07. The summed E-state index contributed by atoms with van der Waals surface area (Å²) in [6.07, 6.45) is -4.17. The molecule has 4 aromatic rings. The van der Waals surface area contributed by atoms with Crippen molar-refractivity contribution >= 4 is 22.6 Å². The van der Waals surface area contributed by atoms with Crippen molar-refractivity contribution in [2.45, 2.75) is 64.3 Å². The fourth-order valence-electron chi connectivity index (χ4n) is 5.81. The van der Waals surface area contributed by atoms with Gasteiger partial charge >= 0.3 is 5.63 Å². The quantitative estimate of drug-likeness (QED) is 0.184. The Bertz CT molecular complexity index is 1850. The van der Waals surface area contributed by atoms with Crippen LogP contribution in [0, 0.1) is 6.92 Å². The molecule has 5 rings (SSSR count). The van der Waals surface area contributed by atoms with Gasteiger partial charge in [-0.05, 0) is 75.2 Å². The Morgan fingerprint density at radius 2 is 1.75 bits per heavy atom. The molecule has 256 valence electrons. The Kier molecular flexibility index (Phi) is 10.3. The zero-order valence-corrected chi connectivity index (χ0v) is 28.0. The highest BCUT2D eigenvalue weighted by atomic mass is 16.7. The van der Waals surface area contributed by atoms with E-state index < -0.39 is 41.7 Å². The molecule has 1 aliphatic heterocycles. The van der Waals surface area contributed by atoms with Crippen LogP contribution in [0.2, 0.25) is 0 Å². The maximum absolute atomic E-state index is 13.4. The molecular formula is C36H41NO11. The van der Waals surface area contributed by atoms with Crippen LogP contribution in [-0.4, -0.2) is 74.3 Å². The van der Waals surface area contributed by atoms with Gasteiger partial charge in [-0.2, -0.15) is 0 Å². The van der Waals surface area contributed by atoms with E-state index in [0.717, 1.165) is 5.56 Å². The highest BCUT2D eigenvalue weighted by Gasteiger charge is 2.50. The van der Waals surface area contributed by atoms with Gasteiger partial charge in [0.05, 0.1) is 26.4 Å². The van der Waals surface area contributed by atoms with Crippen LogP contribution < -0.4 is 29.9 Å². The molecule has 12 nitrogen and oxygen atoms in total. The number of aliphatic hydroxyl groups is 2. The first-order chi connectivity index (χ1) is 22.9. The molecule has 4 atom stereocenters. The number of rotatable bonds is 11. The number of benzene rings is 3. The summed E-state index contributed by atoms with van der Waals surface area (Å²) in [6, 6.07) is 15.4. The molecule has 1 aliphatic rings. The summed E-state index contributed by atoms with van der Waals surface area (Å²) in [5.74, 6) is 1.13. The third kappa shape index (κ3) is 6.83. The van der Waals surface area contributed by atoms with Gasteiger partial charge in [-0.1, -0.05) is 19.1 Å². The van der Waals surface area contributed by atoms with Crippen LogP contribution in [-0.2, 0) is 9.47 Å². The van der Waals surface area contributed by atoms with E-state index in [4.69, 9.17) is 32.8 Å². The fraction of sp³-hybridized carbons (Fsp3) is 0.389. The summed E-state index contributed by atoms with van der Waals surface area (Å²) in [4.78, 5) is 26.7. The van der Waals surface area contributed by atoms with Crippen LogP contribution in [0.1, 0.15) is 43.1 Å². The van der Waals surface area contributed by atoms with E-state index in [-0.39, 0.29) is 22.6 Å². The van der Waals surface area contributed by atoms with E-state index in [1.165, 1.54) is 13.2 Å². The maximum Gasteiger partial charge on any atom is 0.360 e. The lowest BCUT2D eigenvalue weighted by atomic mass is 9.89. The Balaban J connectivity index is 1.48. The van der Waals surface area contributed by atoms with Crippen LogP contribution in [0.25, 0.3) is 22.1 Å². The van der Waals surface area contributed by atoms with Gasteiger partial charge in [0.25, 0.3) is 5.91 Å². The van der Waals surface area contributed by atoms with Crippen molar-refractivity contribution in [2.24, 2.45) is 0 Å². The molecule has 1 saturated heterocycles. The molecule has 1 amide bonds. The van der Waals surface area contributed by atoms with Crippen molar-refractivity contribution in [3.63, 3.8) is 0 Å². The number of methoxy groups -OCH3 is 3. The van der Waals surface area contributed by atoms with Gasteiger partial charge in [-0.3, -0.25) is 4.79 Å². The van der Waals surface area contributed by atoms with Gasteiger partial charge in [0.1, 0.15) is 41.1 Å². The number of ether oxygens (including phenoxy) is 6. The molecule has 0 saturated carbocycles. The molecular weight excluding hydrogens is 622 g/mol. The normalized spacial score (nSPS) is 20.3. The number of carbonyl (C=O) groups excluding carboxylic acids is 1. The lowest BCUT2D eigenvalue weighted by Gasteiger charge is -2.46. The molecule has 12 heteroatoms. The van der Waals surface area contributed by atoms with E-state index in [9.17, 15) is 19.8 Å². The highest BCUT2D eigenvalue weighted by molar-refractivity contribution is 6.06. The topological polar surface area (TPSA) is 155 Å². The van der Waals surface area contributed by atoms with Crippen molar-refractivity contribution in [3.8, 4) is 34.1 Å². The summed E-state index contributed by atoms with van der Waals surface area (Å²) < 4.78 is 40.1. The second-order valence-corrected chi connectivity index (χ2v) is 12.0. The molecule has 1 unspecified atom stereocenters. The minimum Gasteiger partial charge on any atom is -0.497 e. The number of nitrogens with one attached hydrogen (secondary N) is 1. The maximum atomic E-state index is 13.4. The van der Waals surface area contributed by atoms with Crippen molar-refractivity contribution < 1.29 is 47.8 Å². The Hall–Kier alpha value is -4.62. The monoisotopic (exact) mass is 663 g/mol. The molecule has 0 radical (unpaired) electrons. The lowest BCUT2D eigenvalue weighted by Crippen LogP contribution is -2.63. The summed E-state index contributed by atoms with van der Waals surface area (Å²) in [5.41, 5.74) is 0.422. The number of fused-ring (bicyclic) bond motifs is 1. The zero-order chi connectivity index (χ0) is 34.7. The van der Waals surface area contributed by atoms with Gasteiger partial charge < -0.3 is 48.4 Å². The molecule has 2 heterocycles. The molecule has 48 heavy (non-hydrogen) atoms. The Morgan fingerprint density at radius 3 is 2.44 bits per heavy atom. The fourth-order valence-corrected chi connectivity index (χ4v) is 5.81. The van der Waals surface area contributed by atoms with Crippen LogP contribution >= 0.6 is 0 Å². The zero-order valence-electron chi connectivity index (χ0n) is 28.0. The van der Waals surface area contributed by atoms with Crippen molar-refractivity contribution in [3.05, 3.63) is 76.1 Å². The van der Waals surface area contributed by atoms with Crippen LogP contribution in [0.15, 0.2) is 63.8 Å². The first-order valence-corrected chi connectivity index (χ1v) is 15.5. The number of amides is 1. The van der Waals surface area contributed by atoms with Crippen LogP contribution in [0.5, 0.6) is 23.0 Å². The van der Waals surface area contributed by atoms with E-state index >= 15 is 0 Å². The van der Waals surface area contributed by atoms with Crippen molar-refractivity contribution in [1.29, 1.82) is 0 Å². The molecule has 3 N–H and O–H groups in total. The summed E-state index contributed by atoms with van der Waals surface area (Å²) in [6.45, 7) is 7.38. The largest absolute Gasteiger partial charge is 0.497 e. The number of hydrogen-bond donors (Lipinski definition) is 3. The lowest BCUT2D eigenvalue weighted by molar-refractivity contribution is -0.306. The van der Waals surface area contributed by atoms with Gasteiger partial charge in [0, 0.05) is 29.2 Å². The SMILES string of the molecule is CCCOc1cc2cc(NC(=O)c3ccc(OC)c(-c4cccc(OC)c4)c3)c(=O)oc2c(C)c1O[C@@H]1OC(C)(C)[C@H](OC)[C@H](O)C1O. The van der Waals surface area contributed by atoms with E-state index in [2.05, 4.69) is 5.32 Å². The highest BCUT2D eigenvalue weighted by Crippen LogP contribution is 2.41. The van der Waals surface area contributed by atoms with Crippen molar-refractivity contribution in [2.75, 3.05) is 33.3 Å². The van der Waals surface area contributed by atoms with Gasteiger partial charge in [-0.15, -0.1) is 0 Å². The van der Waals surface area contributed by atoms with Gasteiger partial charge in [-0.25, -0.2) is 4.79 Å². The molecule has 1 aromatic heterocycles. The predicted molar refractivity (Wildman–Crippen MR) is 178 cm³/mol. The van der Waals surface area contributed by atoms with E-state index in [1.54, 1.807) is 59.3 Å². The average molecular weight is 664 g/mol. The van der Waals surface area contributed by atoms with Gasteiger partial charge in [0.15, 0.2) is 11.5 Å². The first-order valence-electron chi connectivity index (χ1n) is 15.5. The first kappa shape index (κ1) is 34.7. The number of hydrogen-bond acceptors (Lipinski definition) is 11. The number of carbonyl (C=O) groups is 1. The van der Waals surface area contributed by atoms with Crippen molar-refractivity contribution in [1.82, 2.24) is 0 Å². The third-order valence-corrected chi connectivity index (χ3v) is 8.25. The summed E-state index contributed by atoms with van der Waals surface area (Å²) >= 11 is 0. The molecule has 0 spiro atoms. The van der Waals surface area contributed by atoms with Crippen LogP contribution in [0.3, 0.4) is 0 Å². The summed E-state index contributed by atoms with van der Waals surface area (Å²) in [7, 11) is 4.54. The second-order valence-electron chi connectivity index (χ2n) is 12.0. The Labute approximate surface area is 278 Å². The number of aliphatic hydroxyl groups excluding tert-OH is 2. The molecule has 0 bridgehead atoms. The Morgan fingerprint density at radius 1 is 0.979 bits per heavy atom. The minimum atomic E-state index is -1.45. The third-order valence-electron chi connectivity index (χ3n) is 8.25. The molecule has 3 aromatic carbocycles. The molecule has 0 aliphatic carbocycles. The number of anilines is 1. The molecule has 1 fully saturated rings. The predicted octanol–water partition coefficient (Wildman–Crippen LogP) is 5.08. The second kappa shape index (κ2) is 14.2. The minimum absolute atomic E-state index is 0.0812.